The van der Waals surface area contributed by atoms with Gasteiger partial charge in [-0.25, -0.2) is 4.79 Å². The summed E-state index contributed by atoms with van der Waals surface area (Å²) in [6.45, 7) is 7.29. The third-order valence-electron chi connectivity index (χ3n) is 6.79. The van der Waals surface area contributed by atoms with Crippen LogP contribution in [0.1, 0.15) is 85.5 Å². The first kappa shape index (κ1) is 23.5. The normalized spacial score (nSPS) is 29.9. The first-order valence-corrected chi connectivity index (χ1v) is 11.7. The van der Waals surface area contributed by atoms with Crippen LogP contribution in [-0.2, 0) is 19.1 Å². The van der Waals surface area contributed by atoms with Gasteiger partial charge in [0.25, 0.3) is 11.8 Å². The Morgan fingerprint density at radius 3 is 2.42 bits per heavy atom. The number of esters is 1. The molecule has 2 aliphatic carbocycles. The molecule has 0 bridgehead atoms. The molecule has 1 aliphatic heterocycles. The molecule has 3 fully saturated rings. The van der Waals surface area contributed by atoms with Crippen molar-refractivity contribution in [3.05, 3.63) is 0 Å². The summed E-state index contributed by atoms with van der Waals surface area (Å²) in [7, 11) is 0. The first-order valence-electron chi connectivity index (χ1n) is 11.7. The highest BCUT2D eigenvalue weighted by Crippen LogP contribution is 2.46. The number of hydrogen-bond donors (Lipinski definition) is 2. The number of ether oxygens (including phenoxy) is 1. The van der Waals surface area contributed by atoms with Crippen LogP contribution in [-0.4, -0.2) is 52.9 Å². The molecule has 1 spiro atoms. The van der Waals surface area contributed by atoms with Gasteiger partial charge >= 0.3 is 12.0 Å². The fourth-order valence-electron chi connectivity index (χ4n) is 5.81. The molecule has 8 heteroatoms. The van der Waals surface area contributed by atoms with Crippen molar-refractivity contribution in [2.45, 2.75) is 103 Å². The Morgan fingerprint density at radius 2 is 1.81 bits per heavy atom. The highest BCUT2D eigenvalue weighted by Gasteiger charge is 2.56. The second-order valence-corrected chi connectivity index (χ2v) is 10.6. The van der Waals surface area contributed by atoms with Crippen LogP contribution in [0.5, 0.6) is 0 Å². The topological polar surface area (TPSA) is 105 Å². The van der Waals surface area contributed by atoms with Gasteiger partial charge < -0.3 is 15.4 Å². The molecule has 4 amide bonds. The first-order chi connectivity index (χ1) is 14.5. The largest absolute Gasteiger partial charge is 0.451 e. The van der Waals surface area contributed by atoms with E-state index in [1.807, 2.05) is 0 Å². The Bertz CT molecular complexity index is 729. The molecule has 31 heavy (non-hydrogen) atoms. The van der Waals surface area contributed by atoms with Crippen molar-refractivity contribution in [1.82, 2.24) is 15.5 Å². The molecule has 3 aliphatic rings. The number of imide groups is 1. The maximum atomic E-state index is 13.1. The third-order valence-corrected chi connectivity index (χ3v) is 6.79. The van der Waals surface area contributed by atoms with Gasteiger partial charge in [-0.3, -0.25) is 19.3 Å². The molecular weight excluding hydrogens is 398 g/mol. The van der Waals surface area contributed by atoms with Crippen molar-refractivity contribution in [2.24, 2.45) is 11.3 Å². The van der Waals surface area contributed by atoms with Gasteiger partial charge in [0.2, 0.25) is 0 Å². The van der Waals surface area contributed by atoms with Crippen molar-refractivity contribution >= 4 is 23.8 Å². The second kappa shape index (κ2) is 9.17. The van der Waals surface area contributed by atoms with E-state index < -0.39 is 30.2 Å². The van der Waals surface area contributed by atoms with Gasteiger partial charge in [0, 0.05) is 6.04 Å². The summed E-state index contributed by atoms with van der Waals surface area (Å²) in [5.41, 5.74) is -1.04. The Balaban J connectivity index is 1.55. The van der Waals surface area contributed by atoms with Crippen LogP contribution in [0, 0.1) is 11.3 Å². The molecule has 8 nitrogen and oxygen atoms in total. The molecule has 0 aromatic heterocycles. The number of carbonyl (C=O) groups is 4. The predicted molar refractivity (Wildman–Crippen MR) is 115 cm³/mol. The Labute approximate surface area is 184 Å². The van der Waals surface area contributed by atoms with E-state index in [-0.39, 0.29) is 29.2 Å². The predicted octanol–water partition coefficient (Wildman–Crippen LogP) is 2.89. The maximum Gasteiger partial charge on any atom is 0.327 e. The van der Waals surface area contributed by atoms with E-state index in [1.165, 1.54) is 19.8 Å². The smallest absolute Gasteiger partial charge is 0.327 e. The van der Waals surface area contributed by atoms with E-state index in [2.05, 4.69) is 31.4 Å². The van der Waals surface area contributed by atoms with Crippen molar-refractivity contribution < 1.29 is 23.9 Å². The summed E-state index contributed by atoms with van der Waals surface area (Å²) in [4.78, 5) is 51.5. The van der Waals surface area contributed by atoms with Gasteiger partial charge in [-0.2, -0.15) is 0 Å². The molecule has 0 radical (unpaired) electrons. The van der Waals surface area contributed by atoms with Crippen LogP contribution in [0.4, 0.5) is 4.79 Å². The van der Waals surface area contributed by atoms with E-state index in [0.29, 0.717) is 12.8 Å². The molecule has 174 valence electrons. The standard InChI is InChI=1S/C23H37N3O5/c1-15-11-22(3,4)14-23(12-15)20(29)26(21(30)25-23)13-18(27)31-16(2)19(28)24-17-9-7-5-6-8-10-17/h15-17H,5-14H2,1-4H3,(H,24,28)(H,25,30)/t15-,16-,23+/m1/s1. The average molecular weight is 436 g/mol. The van der Waals surface area contributed by atoms with Crippen LogP contribution < -0.4 is 10.6 Å². The Morgan fingerprint density at radius 1 is 1.16 bits per heavy atom. The van der Waals surface area contributed by atoms with Crippen LogP contribution in [0.3, 0.4) is 0 Å². The van der Waals surface area contributed by atoms with Crippen LogP contribution in [0.15, 0.2) is 0 Å². The van der Waals surface area contributed by atoms with Gasteiger partial charge in [-0.15, -0.1) is 0 Å². The zero-order valence-electron chi connectivity index (χ0n) is 19.3. The lowest BCUT2D eigenvalue weighted by molar-refractivity contribution is -0.157. The second-order valence-electron chi connectivity index (χ2n) is 10.6. The SMILES string of the molecule is C[C@@H]1CC(C)(C)C[C@]2(C1)NC(=O)N(CC(=O)O[C@H](C)C(=O)NC1CCCCCC1)C2=O. The number of urea groups is 1. The minimum Gasteiger partial charge on any atom is -0.451 e. The number of nitrogens with one attached hydrogen (secondary N) is 2. The van der Waals surface area contributed by atoms with Crippen molar-refractivity contribution in [3.63, 3.8) is 0 Å². The highest BCUT2D eigenvalue weighted by molar-refractivity contribution is 6.08. The monoisotopic (exact) mass is 435 g/mol. The van der Waals surface area contributed by atoms with Crippen molar-refractivity contribution in [1.29, 1.82) is 0 Å². The maximum absolute atomic E-state index is 13.1. The zero-order valence-corrected chi connectivity index (χ0v) is 19.3. The minimum absolute atomic E-state index is 0.0816. The molecule has 2 N–H and O–H groups in total. The van der Waals surface area contributed by atoms with E-state index in [1.54, 1.807) is 0 Å². The van der Waals surface area contributed by atoms with Crippen molar-refractivity contribution in [2.75, 3.05) is 6.54 Å². The lowest BCUT2D eigenvalue weighted by Crippen LogP contribution is -2.54. The van der Waals surface area contributed by atoms with Crippen molar-refractivity contribution in [3.8, 4) is 0 Å². The Hall–Kier alpha value is -2.12. The molecule has 0 aromatic carbocycles. The van der Waals surface area contributed by atoms with Gasteiger partial charge in [0.15, 0.2) is 6.10 Å². The van der Waals surface area contributed by atoms with Crippen LogP contribution in [0.25, 0.3) is 0 Å². The number of amides is 4. The fraction of sp³-hybridized carbons (Fsp3) is 0.826. The number of rotatable bonds is 5. The Kier molecular flexibility index (Phi) is 6.96. The van der Waals surface area contributed by atoms with Gasteiger partial charge in [-0.05, 0) is 50.4 Å². The van der Waals surface area contributed by atoms with Gasteiger partial charge in [0.05, 0.1) is 0 Å². The number of nitrogens with zero attached hydrogens (tertiary/aromatic N) is 1. The van der Waals surface area contributed by atoms with Crippen LogP contribution >= 0.6 is 0 Å². The zero-order chi connectivity index (χ0) is 22.8. The molecule has 3 atom stereocenters. The lowest BCUT2D eigenvalue weighted by atomic mass is 9.64. The summed E-state index contributed by atoms with van der Waals surface area (Å²) >= 11 is 0. The number of carbonyl (C=O) groups excluding carboxylic acids is 4. The van der Waals surface area contributed by atoms with E-state index in [0.717, 1.165) is 37.0 Å². The number of hydrogen-bond acceptors (Lipinski definition) is 5. The third kappa shape index (κ3) is 5.57. The van der Waals surface area contributed by atoms with E-state index in [9.17, 15) is 19.2 Å². The minimum atomic E-state index is -0.973. The van der Waals surface area contributed by atoms with E-state index in [4.69, 9.17) is 4.74 Å². The summed E-state index contributed by atoms with van der Waals surface area (Å²) in [6.07, 6.45) is 7.52. The molecule has 1 heterocycles. The van der Waals surface area contributed by atoms with E-state index >= 15 is 0 Å². The summed E-state index contributed by atoms with van der Waals surface area (Å²) in [5, 5.41) is 5.81. The lowest BCUT2D eigenvalue weighted by Gasteiger charge is -2.43. The fourth-order valence-corrected chi connectivity index (χ4v) is 5.81. The van der Waals surface area contributed by atoms with Crippen LogP contribution in [0.2, 0.25) is 0 Å². The molecule has 0 unspecified atom stereocenters. The average Bonchev–Trinajstić information content (AvgIpc) is 2.84. The molecular formula is C23H37N3O5. The molecule has 1 saturated heterocycles. The molecule has 3 rings (SSSR count). The molecule has 2 saturated carbocycles. The van der Waals surface area contributed by atoms with Gasteiger partial charge in [0.1, 0.15) is 12.1 Å². The summed E-state index contributed by atoms with van der Waals surface area (Å²) in [5.74, 6) is -1.18. The molecule has 0 aromatic rings. The summed E-state index contributed by atoms with van der Waals surface area (Å²) < 4.78 is 5.26. The quantitative estimate of drug-likeness (QED) is 0.392. The van der Waals surface area contributed by atoms with Gasteiger partial charge in [-0.1, -0.05) is 46.5 Å². The highest BCUT2D eigenvalue weighted by atomic mass is 16.5. The summed E-state index contributed by atoms with van der Waals surface area (Å²) in [6, 6.07) is -0.457.